The third-order valence-corrected chi connectivity index (χ3v) is 3.36. The summed E-state index contributed by atoms with van der Waals surface area (Å²) >= 11 is 0. The molecule has 0 atom stereocenters. The van der Waals surface area contributed by atoms with E-state index >= 15 is 0 Å². The minimum absolute atomic E-state index is 0.208. The fourth-order valence-electron chi connectivity index (χ4n) is 2.11. The topological polar surface area (TPSA) is 46.3 Å². The zero-order valence-electron chi connectivity index (χ0n) is 8.80. The van der Waals surface area contributed by atoms with Crippen LogP contribution in [0.15, 0.2) is 0 Å². The van der Waals surface area contributed by atoms with E-state index in [9.17, 15) is 4.79 Å². The van der Waals surface area contributed by atoms with Crippen molar-refractivity contribution in [3.8, 4) is 0 Å². The summed E-state index contributed by atoms with van der Waals surface area (Å²) in [5, 5.41) is 0. The predicted octanol–water partition coefficient (Wildman–Crippen LogP) is 1.27. The van der Waals surface area contributed by atoms with Crippen LogP contribution >= 0.6 is 0 Å². The number of rotatable bonds is 1. The van der Waals surface area contributed by atoms with Gasteiger partial charge in [0.25, 0.3) is 0 Å². The molecule has 0 aromatic heterocycles. The second-order valence-electron chi connectivity index (χ2n) is 4.72. The van der Waals surface area contributed by atoms with Gasteiger partial charge in [-0.05, 0) is 25.7 Å². The van der Waals surface area contributed by atoms with E-state index in [0.29, 0.717) is 0 Å². The lowest BCUT2D eigenvalue weighted by atomic mass is 10.1. The maximum atomic E-state index is 11.9. The van der Waals surface area contributed by atoms with Crippen LogP contribution in [0.25, 0.3) is 0 Å². The van der Waals surface area contributed by atoms with Gasteiger partial charge in [0.2, 0.25) is 5.91 Å². The number of nitrogens with zero attached hydrogens (tertiary/aromatic N) is 1. The van der Waals surface area contributed by atoms with E-state index in [-0.39, 0.29) is 5.91 Å². The number of carbonyl (C=O) groups is 1. The molecule has 3 heteroatoms. The minimum atomic E-state index is -0.459. The van der Waals surface area contributed by atoms with E-state index in [1.165, 1.54) is 19.3 Å². The van der Waals surface area contributed by atoms with Crippen molar-refractivity contribution in [2.45, 2.75) is 50.5 Å². The molecule has 1 heterocycles. The molecule has 2 fully saturated rings. The lowest BCUT2D eigenvalue weighted by Gasteiger charge is -2.27. The average Bonchev–Trinajstić information content (AvgIpc) is 2.83. The van der Waals surface area contributed by atoms with Crippen molar-refractivity contribution in [2.24, 2.45) is 5.73 Å². The Morgan fingerprint density at radius 1 is 1.00 bits per heavy atom. The molecule has 1 saturated carbocycles. The molecule has 14 heavy (non-hydrogen) atoms. The Balaban J connectivity index is 1.90. The van der Waals surface area contributed by atoms with Gasteiger partial charge in [-0.2, -0.15) is 0 Å². The lowest BCUT2D eigenvalue weighted by molar-refractivity contribution is -0.133. The molecular formula is C11H20N2O. The van der Waals surface area contributed by atoms with Crippen molar-refractivity contribution >= 4 is 5.91 Å². The van der Waals surface area contributed by atoms with Gasteiger partial charge in [0.15, 0.2) is 0 Å². The number of hydrogen-bond donors (Lipinski definition) is 1. The molecule has 2 rings (SSSR count). The lowest BCUT2D eigenvalue weighted by Crippen LogP contribution is -2.46. The fraction of sp³-hybridized carbons (Fsp3) is 0.909. The largest absolute Gasteiger partial charge is 0.341 e. The van der Waals surface area contributed by atoms with E-state index in [1.54, 1.807) is 0 Å². The van der Waals surface area contributed by atoms with Gasteiger partial charge in [0, 0.05) is 13.1 Å². The molecule has 0 spiro atoms. The molecule has 1 aliphatic carbocycles. The van der Waals surface area contributed by atoms with Crippen LogP contribution in [-0.4, -0.2) is 29.4 Å². The summed E-state index contributed by atoms with van der Waals surface area (Å²) in [6.07, 6.45) is 7.95. The van der Waals surface area contributed by atoms with Gasteiger partial charge >= 0.3 is 0 Å². The van der Waals surface area contributed by atoms with Crippen LogP contribution in [-0.2, 0) is 4.79 Å². The van der Waals surface area contributed by atoms with Gasteiger partial charge < -0.3 is 10.6 Å². The van der Waals surface area contributed by atoms with Crippen molar-refractivity contribution in [1.82, 2.24) is 4.90 Å². The first-order valence-corrected chi connectivity index (χ1v) is 5.81. The molecule has 2 aliphatic rings. The Bertz CT molecular complexity index is 215. The summed E-state index contributed by atoms with van der Waals surface area (Å²) in [5.74, 6) is 0.208. The van der Waals surface area contributed by atoms with Gasteiger partial charge in [-0.1, -0.05) is 19.3 Å². The first-order chi connectivity index (χ1) is 6.72. The molecule has 1 aliphatic heterocycles. The van der Waals surface area contributed by atoms with Crippen molar-refractivity contribution in [3.05, 3.63) is 0 Å². The van der Waals surface area contributed by atoms with Gasteiger partial charge in [-0.15, -0.1) is 0 Å². The van der Waals surface area contributed by atoms with E-state index in [0.717, 1.165) is 38.8 Å². The number of hydrogen-bond acceptors (Lipinski definition) is 2. The summed E-state index contributed by atoms with van der Waals surface area (Å²) in [4.78, 5) is 13.9. The van der Waals surface area contributed by atoms with Gasteiger partial charge in [0.1, 0.15) is 0 Å². The predicted molar refractivity (Wildman–Crippen MR) is 55.8 cm³/mol. The second-order valence-corrected chi connectivity index (χ2v) is 4.72. The van der Waals surface area contributed by atoms with Crippen molar-refractivity contribution in [1.29, 1.82) is 0 Å². The van der Waals surface area contributed by atoms with E-state index in [2.05, 4.69) is 0 Å². The summed E-state index contributed by atoms with van der Waals surface area (Å²) in [5.41, 5.74) is 5.46. The Morgan fingerprint density at radius 2 is 1.50 bits per heavy atom. The van der Waals surface area contributed by atoms with E-state index in [4.69, 9.17) is 5.73 Å². The highest BCUT2D eigenvalue weighted by Crippen LogP contribution is 2.34. The zero-order valence-corrected chi connectivity index (χ0v) is 8.80. The molecule has 0 aromatic rings. The molecular weight excluding hydrogens is 176 g/mol. The first kappa shape index (κ1) is 9.97. The number of carbonyl (C=O) groups excluding carboxylic acids is 1. The monoisotopic (exact) mass is 196 g/mol. The van der Waals surface area contributed by atoms with Crippen LogP contribution < -0.4 is 5.73 Å². The van der Waals surface area contributed by atoms with Crippen LogP contribution in [0.1, 0.15) is 44.9 Å². The Hall–Kier alpha value is -0.570. The van der Waals surface area contributed by atoms with E-state index < -0.39 is 5.54 Å². The number of nitrogens with two attached hydrogens (primary N) is 1. The molecule has 1 saturated heterocycles. The SMILES string of the molecule is NC1(C(=O)N2CCCCCCC2)CC1. The second kappa shape index (κ2) is 3.89. The molecule has 0 radical (unpaired) electrons. The molecule has 0 unspecified atom stereocenters. The van der Waals surface area contributed by atoms with Crippen LogP contribution in [0.5, 0.6) is 0 Å². The third kappa shape index (κ3) is 2.08. The summed E-state index contributed by atoms with van der Waals surface area (Å²) in [7, 11) is 0. The summed E-state index contributed by atoms with van der Waals surface area (Å²) in [6, 6.07) is 0. The Morgan fingerprint density at radius 3 is 2.00 bits per heavy atom. The average molecular weight is 196 g/mol. The van der Waals surface area contributed by atoms with Gasteiger partial charge in [-0.3, -0.25) is 4.79 Å². The molecule has 0 aromatic carbocycles. The Kier molecular flexibility index (Phi) is 2.77. The standard InChI is InChI=1S/C11H20N2O/c12-11(6-7-11)10(14)13-8-4-2-1-3-5-9-13/h1-9,12H2. The quantitative estimate of drug-likeness (QED) is 0.686. The van der Waals surface area contributed by atoms with Crippen LogP contribution in [0, 0.1) is 0 Å². The van der Waals surface area contributed by atoms with Crippen molar-refractivity contribution in [2.75, 3.05) is 13.1 Å². The maximum Gasteiger partial charge on any atom is 0.242 e. The highest BCUT2D eigenvalue weighted by atomic mass is 16.2. The molecule has 3 nitrogen and oxygen atoms in total. The van der Waals surface area contributed by atoms with Gasteiger partial charge in [-0.25, -0.2) is 0 Å². The van der Waals surface area contributed by atoms with Crippen molar-refractivity contribution < 1.29 is 4.79 Å². The zero-order chi connectivity index (χ0) is 10.0. The van der Waals surface area contributed by atoms with Crippen LogP contribution in [0.3, 0.4) is 0 Å². The molecule has 80 valence electrons. The first-order valence-electron chi connectivity index (χ1n) is 5.81. The summed E-state index contributed by atoms with van der Waals surface area (Å²) in [6.45, 7) is 1.86. The maximum absolute atomic E-state index is 11.9. The normalized spacial score (nSPS) is 26.5. The fourth-order valence-corrected chi connectivity index (χ4v) is 2.11. The number of likely N-dealkylation sites (tertiary alicyclic amines) is 1. The molecule has 2 N–H and O–H groups in total. The smallest absolute Gasteiger partial charge is 0.242 e. The molecule has 1 amide bonds. The number of amides is 1. The summed E-state index contributed by atoms with van der Waals surface area (Å²) < 4.78 is 0. The minimum Gasteiger partial charge on any atom is -0.341 e. The van der Waals surface area contributed by atoms with Crippen LogP contribution in [0.4, 0.5) is 0 Å². The van der Waals surface area contributed by atoms with E-state index in [1.807, 2.05) is 4.90 Å². The molecule has 0 bridgehead atoms. The van der Waals surface area contributed by atoms with Gasteiger partial charge in [0.05, 0.1) is 5.54 Å². The van der Waals surface area contributed by atoms with Crippen molar-refractivity contribution in [3.63, 3.8) is 0 Å². The highest BCUT2D eigenvalue weighted by molar-refractivity contribution is 5.89. The van der Waals surface area contributed by atoms with Crippen LogP contribution in [0.2, 0.25) is 0 Å². The third-order valence-electron chi connectivity index (χ3n) is 3.36. The Labute approximate surface area is 85.6 Å². The highest BCUT2D eigenvalue weighted by Gasteiger charge is 2.47.